The van der Waals surface area contributed by atoms with Gasteiger partial charge < -0.3 is 5.11 Å². The number of carboxylic acids is 1. The van der Waals surface area contributed by atoms with Gasteiger partial charge in [-0.1, -0.05) is 0 Å². The molecule has 1 aromatic rings. The molecule has 1 aliphatic heterocycles. The smallest absolute Gasteiger partial charge is 0.322 e. The van der Waals surface area contributed by atoms with Gasteiger partial charge in [0, 0.05) is 17.1 Å². The first kappa shape index (κ1) is 15.3. The molecule has 1 heterocycles. The lowest BCUT2D eigenvalue weighted by atomic mass is 10.2. The first-order valence-electron chi connectivity index (χ1n) is 5.64. The molecule has 20 heavy (non-hydrogen) atoms. The van der Waals surface area contributed by atoms with Gasteiger partial charge in [0.05, 0.1) is 0 Å². The molecule has 1 fully saturated rings. The molecule has 0 bridgehead atoms. The zero-order valence-corrected chi connectivity index (χ0v) is 12.4. The monoisotopic (exact) mass is 369 g/mol. The lowest BCUT2D eigenvalue weighted by molar-refractivity contribution is -0.140. The molecule has 1 aliphatic rings. The maximum atomic E-state index is 13.8. The number of nitrogens with zero attached hydrogens (tertiary/aromatic N) is 1. The Balaban J connectivity index is 2.54. The average Bonchev–Trinajstić information content (AvgIpc) is 2.75. The molecule has 0 unspecified atom stereocenters. The SMILES string of the molecule is O=C(O)[C@@H]1CCCN1S(=O)(=O)c1c(F)cc(F)cc1Br. The van der Waals surface area contributed by atoms with Crippen molar-refractivity contribution >= 4 is 31.9 Å². The maximum absolute atomic E-state index is 13.8. The summed E-state index contributed by atoms with van der Waals surface area (Å²) < 4.78 is 52.0. The van der Waals surface area contributed by atoms with Gasteiger partial charge in [-0.05, 0) is 34.8 Å². The van der Waals surface area contributed by atoms with Crippen LogP contribution in [0, 0.1) is 11.6 Å². The van der Waals surface area contributed by atoms with Crippen molar-refractivity contribution in [3.8, 4) is 0 Å². The fourth-order valence-corrected chi connectivity index (χ4v) is 4.93. The van der Waals surface area contributed by atoms with E-state index in [0.717, 1.165) is 10.4 Å². The molecule has 0 saturated carbocycles. The Hall–Kier alpha value is -1.06. The molecular formula is C11H10BrF2NO4S. The summed E-state index contributed by atoms with van der Waals surface area (Å²) in [5.41, 5.74) is 0. The third-order valence-electron chi connectivity index (χ3n) is 3.02. The summed E-state index contributed by atoms with van der Waals surface area (Å²) in [7, 11) is -4.35. The van der Waals surface area contributed by atoms with Crippen molar-refractivity contribution < 1.29 is 27.1 Å². The second kappa shape index (κ2) is 5.38. The van der Waals surface area contributed by atoms with Crippen molar-refractivity contribution in [1.82, 2.24) is 4.31 Å². The number of aliphatic carboxylic acids is 1. The second-order valence-electron chi connectivity index (χ2n) is 4.31. The van der Waals surface area contributed by atoms with E-state index in [1.807, 2.05) is 0 Å². The van der Waals surface area contributed by atoms with Crippen molar-refractivity contribution in [2.45, 2.75) is 23.8 Å². The van der Waals surface area contributed by atoms with Crippen LogP contribution in [0.25, 0.3) is 0 Å². The van der Waals surface area contributed by atoms with E-state index >= 15 is 0 Å². The topological polar surface area (TPSA) is 74.7 Å². The summed E-state index contributed by atoms with van der Waals surface area (Å²) in [6, 6.07) is 0.0435. The summed E-state index contributed by atoms with van der Waals surface area (Å²) in [4.78, 5) is 10.3. The zero-order chi connectivity index (χ0) is 15.1. The first-order chi connectivity index (χ1) is 9.25. The number of hydrogen-bond donors (Lipinski definition) is 1. The molecule has 0 spiro atoms. The Bertz CT molecular complexity index is 641. The van der Waals surface area contributed by atoms with Crippen LogP contribution < -0.4 is 0 Å². The Labute approximate surface area is 122 Å². The predicted molar refractivity (Wildman–Crippen MR) is 68.6 cm³/mol. The molecule has 1 aromatic carbocycles. The van der Waals surface area contributed by atoms with Crippen LogP contribution >= 0.6 is 15.9 Å². The van der Waals surface area contributed by atoms with Crippen molar-refractivity contribution in [1.29, 1.82) is 0 Å². The van der Waals surface area contributed by atoms with Crippen LogP contribution in [-0.2, 0) is 14.8 Å². The quantitative estimate of drug-likeness (QED) is 0.883. The van der Waals surface area contributed by atoms with E-state index in [4.69, 9.17) is 5.11 Å². The van der Waals surface area contributed by atoms with Gasteiger partial charge >= 0.3 is 5.97 Å². The maximum Gasteiger partial charge on any atom is 0.322 e. The lowest BCUT2D eigenvalue weighted by Gasteiger charge is -2.21. The van der Waals surface area contributed by atoms with E-state index in [0.29, 0.717) is 12.5 Å². The van der Waals surface area contributed by atoms with Crippen molar-refractivity contribution in [3.63, 3.8) is 0 Å². The Morgan fingerprint density at radius 2 is 2.05 bits per heavy atom. The first-order valence-corrected chi connectivity index (χ1v) is 7.87. The molecule has 0 aliphatic carbocycles. The molecule has 5 nitrogen and oxygen atoms in total. The second-order valence-corrected chi connectivity index (χ2v) is 6.99. The number of benzene rings is 1. The van der Waals surface area contributed by atoms with Gasteiger partial charge in [0.1, 0.15) is 22.6 Å². The van der Waals surface area contributed by atoms with Gasteiger partial charge in [-0.2, -0.15) is 4.31 Å². The van der Waals surface area contributed by atoms with Crippen LogP contribution in [-0.4, -0.2) is 36.4 Å². The fraction of sp³-hybridized carbons (Fsp3) is 0.364. The van der Waals surface area contributed by atoms with E-state index < -0.39 is 38.6 Å². The predicted octanol–water partition coefficient (Wildman–Crippen LogP) is 1.97. The fourth-order valence-electron chi connectivity index (χ4n) is 2.17. The summed E-state index contributed by atoms with van der Waals surface area (Å²) >= 11 is 2.80. The van der Waals surface area contributed by atoms with Crippen LogP contribution in [0.1, 0.15) is 12.8 Å². The normalized spacial score (nSPS) is 20.2. The minimum atomic E-state index is -4.35. The van der Waals surface area contributed by atoms with Crippen molar-refractivity contribution in [2.24, 2.45) is 0 Å². The summed E-state index contributed by atoms with van der Waals surface area (Å²) in [5.74, 6) is -3.47. The van der Waals surface area contributed by atoms with Crippen LogP contribution in [0.2, 0.25) is 0 Å². The average molecular weight is 370 g/mol. The number of rotatable bonds is 3. The van der Waals surface area contributed by atoms with Crippen LogP contribution in [0.15, 0.2) is 21.5 Å². The standard InChI is InChI=1S/C11H10BrF2NO4S/c12-7-4-6(13)5-8(14)10(7)20(18,19)15-3-1-2-9(15)11(16)17/h4-5,9H,1-3H2,(H,16,17)/t9-/m0/s1. The van der Waals surface area contributed by atoms with E-state index in [2.05, 4.69) is 15.9 Å². The van der Waals surface area contributed by atoms with Crippen LogP contribution in [0.4, 0.5) is 8.78 Å². The zero-order valence-electron chi connectivity index (χ0n) is 10.0. The Morgan fingerprint density at radius 3 is 2.60 bits per heavy atom. The molecule has 0 amide bonds. The molecule has 2 rings (SSSR count). The van der Waals surface area contributed by atoms with E-state index in [9.17, 15) is 22.0 Å². The molecule has 1 saturated heterocycles. The highest BCUT2D eigenvalue weighted by molar-refractivity contribution is 9.10. The molecule has 1 N–H and O–H groups in total. The minimum absolute atomic E-state index is 0.0114. The molecule has 0 aromatic heterocycles. The van der Waals surface area contributed by atoms with E-state index in [1.165, 1.54) is 0 Å². The van der Waals surface area contributed by atoms with E-state index in [1.54, 1.807) is 0 Å². The Kier molecular flexibility index (Phi) is 4.12. The van der Waals surface area contributed by atoms with Gasteiger partial charge in [-0.25, -0.2) is 17.2 Å². The highest BCUT2D eigenvalue weighted by atomic mass is 79.9. The van der Waals surface area contributed by atoms with Gasteiger partial charge in [-0.3, -0.25) is 4.79 Å². The number of sulfonamides is 1. The van der Waals surface area contributed by atoms with Gasteiger partial charge in [-0.15, -0.1) is 0 Å². The largest absolute Gasteiger partial charge is 0.480 e. The number of carbonyl (C=O) groups is 1. The Morgan fingerprint density at radius 1 is 1.40 bits per heavy atom. The summed E-state index contributed by atoms with van der Waals surface area (Å²) in [6.45, 7) is -0.0114. The molecular weight excluding hydrogens is 360 g/mol. The minimum Gasteiger partial charge on any atom is -0.480 e. The van der Waals surface area contributed by atoms with Gasteiger partial charge in [0.25, 0.3) is 0 Å². The third kappa shape index (κ3) is 2.57. The van der Waals surface area contributed by atoms with Gasteiger partial charge in [0.2, 0.25) is 10.0 Å². The number of hydrogen-bond acceptors (Lipinski definition) is 3. The molecule has 0 radical (unpaired) electrons. The van der Waals surface area contributed by atoms with Crippen molar-refractivity contribution in [3.05, 3.63) is 28.2 Å². The number of halogens is 3. The summed E-state index contributed by atoms with van der Waals surface area (Å²) in [6.07, 6.45) is 0.533. The van der Waals surface area contributed by atoms with Gasteiger partial charge in [0.15, 0.2) is 0 Å². The lowest BCUT2D eigenvalue weighted by Crippen LogP contribution is -2.40. The van der Waals surface area contributed by atoms with E-state index in [-0.39, 0.29) is 17.4 Å². The highest BCUT2D eigenvalue weighted by Crippen LogP contribution is 2.32. The molecule has 110 valence electrons. The number of carboxylic acid groups (broad SMARTS) is 1. The van der Waals surface area contributed by atoms with Crippen molar-refractivity contribution in [2.75, 3.05) is 6.54 Å². The molecule has 9 heteroatoms. The van der Waals surface area contributed by atoms with Crippen LogP contribution in [0.3, 0.4) is 0 Å². The summed E-state index contributed by atoms with van der Waals surface area (Å²) in [5, 5.41) is 9.01. The highest BCUT2D eigenvalue weighted by Gasteiger charge is 2.41. The third-order valence-corrected chi connectivity index (χ3v) is 5.89. The van der Waals surface area contributed by atoms with Crippen LogP contribution in [0.5, 0.6) is 0 Å². The molecule has 1 atom stereocenters.